The van der Waals surface area contributed by atoms with Gasteiger partial charge in [-0.3, -0.25) is 0 Å². The van der Waals surface area contributed by atoms with Crippen molar-refractivity contribution in [1.82, 2.24) is 0 Å². The SMILES string of the molecule is CCCCCCCCOC(=S)[S-].CC[N+]1(C)CCCC1. The summed E-state index contributed by atoms with van der Waals surface area (Å²) in [5, 5.41) is 0. The zero-order valence-corrected chi connectivity index (χ0v) is 15.3. The largest absolute Gasteiger partial charge is 0.514 e. The van der Waals surface area contributed by atoms with Gasteiger partial charge in [0.2, 0.25) is 0 Å². The maximum absolute atomic E-state index is 4.99. The third kappa shape index (κ3) is 11.9. The maximum atomic E-state index is 4.99. The Morgan fingerprint density at radius 1 is 1.05 bits per heavy atom. The van der Waals surface area contributed by atoms with Gasteiger partial charge in [0, 0.05) is 17.2 Å². The summed E-state index contributed by atoms with van der Waals surface area (Å²) < 4.78 is 6.57. The van der Waals surface area contributed by atoms with Gasteiger partial charge in [0.05, 0.1) is 33.3 Å². The molecule has 0 radical (unpaired) electrons. The lowest BCUT2D eigenvalue weighted by Gasteiger charge is -2.26. The van der Waals surface area contributed by atoms with E-state index in [-0.39, 0.29) is 4.38 Å². The summed E-state index contributed by atoms with van der Waals surface area (Å²) in [6.45, 7) is 9.35. The summed E-state index contributed by atoms with van der Waals surface area (Å²) in [4.78, 5) is 0. The van der Waals surface area contributed by atoms with Crippen LogP contribution < -0.4 is 0 Å². The van der Waals surface area contributed by atoms with Crippen molar-refractivity contribution in [3.8, 4) is 0 Å². The minimum atomic E-state index is 0.253. The fourth-order valence-electron chi connectivity index (χ4n) is 2.45. The van der Waals surface area contributed by atoms with E-state index in [0.717, 1.165) is 6.42 Å². The second-order valence-corrected chi connectivity index (χ2v) is 6.96. The highest BCUT2D eigenvalue weighted by molar-refractivity contribution is 7.99. The lowest BCUT2D eigenvalue weighted by atomic mass is 10.1. The molecule has 2 nitrogen and oxygen atoms in total. The average molecular weight is 320 g/mol. The quantitative estimate of drug-likeness (QED) is 0.283. The first-order valence-electron chi connectivity index (χ1n) is 8.21. The lowest BCUT2D eigenvalue weighted by Crippen LogP contribution is -2.40. The lowest BCUT2D eigenvalue weighted by molar-refractivity contribution is -0.895. The number of thiocarbonyl (C=S) groups is 1. The van der Waals surface area contributed by atoms with Crippen LogP contribution in [-0.4, -0.2) is 42.2 Å². The predicted octanol–water partition coefficient (Wildman–Crippen LogP) is 4.44. The van der Waals surface area contributed by atoms with Crippen LogP contribution in [0.4, 0.5) is 0 Å². The Labute approximate surface area is 137 Å². The molecule has 4 heteroatoms. The molecule has 0 aliphatic carbocycles. The first-order chi connectivity index (χ1) is 9.54. The predicted molar refractivity (Wildman–Crippen MR) is 95.0 cm³/mol. The molecule has 1 rings (SSSR count). The van der Waals surface area contributed by atoms with Gasteiger partial charge >= 0.3 is 0 Å². The van der Waals surface area contributed by atoms with Crippen molar-refractivity contribution in [2.24, 2.45) is 0 Å². The van der Waals surface area contributed by atoms with E-state index in [1.165, 1.54) is 69.1 Å². The Morgan fingerprint density at radius 2 is 1.60 bits per heavy atom. The summed E-state index contributed by atoms with van der Waals surface area (Å²) in [5.41, 5.74) is 0. The van der Waals surface area contributed by atoms with Gasteiger partial charge in [0.25, 0.3) is 0 Å². The molecule has 0 spiro atoms. The van der Waals surface area contributed by atoms with Gasteiger partial charge in [-0.2, -0.15) is 0 Å². The second kappa shape index (κ2) is 12.8. The van der Waals surface area contributed by atoms with Crippen LogP contribution in [-0.2, 0) is 17.4 Å². The molecule has 0 bridgehead atoms. The summed E-state index contributed by atoms with van der Waals surface area (Å²) in [6.07, 6.45) is 10.5. The molecular formula is C16H33NOS2. The van der Waals surface area contributed by atoms with E-state index in [4.69, 9.17) is 4.74 Å². The van der Waals surface area contributed by atoms with Crippen molar-refractivity contribution in [2.75, 3.05) is 33.3 Å². The molecule has 1 heterocycles. The normalized spacial score (nSPS) is 16.4. The number of likely N-dealkylation sites (tertiary alicyclic amines) is 1. The molecule has 1 fully saturated rings. The van der Waals surface area contributed by atoms with Gasteiger partial charge in [0.15, 0.2) is 0 Å². The summed E-state index contributed by atoms with van der Waals surface area (Å²) in [6, 6.07) is 0. The van der Waals surface area contributed by atoms with Crippen LogP contribution >= 0.6 is 12.2 Å². The van der Waals surface area contributed by atoms with Gasteiger partial charge < -0.3 is 34.1 Å². The molecule has 0 unspecified atom stereocenters. The van der Waals surface area contributed by atoms with Crippen LogP contribution in [0.1, 0.15) is 65.2 Å². The van der Waals surface area contributed by atoms with E-state index in [1.807, 2.05) is 0 Å². The smallest absolute Gasteiger partial charge is 0.0858 e. The molecule has 0 aromatic heterocycles. The standard InChI is InChI=1S/C9H18OS2.C7H16N/c1-2-3-4-5-6-7-8-10-9(11)12;1-3-8(2)6-4-5-7-8/h2-8H2,1H3,(H,11,12);3-7H2,1-2H3/q;+1/p-1. The first kappa shape index (κ1) is 20.1. The van der Waals surface area contributed by atoms with Crippen LogP contribution in [0.2, 0.25) is 0 Å². The van der Waals surface area contributed by atoms with Crippen LogP contribution in [0, 0.1) is 0 Å². The number of unbranched alkanes of at least 4 members (excludes halogenated alkanes) is 5. The van der Waals surface area contributed by atoms with Gasteiger partial charge in [-0.05, 0) is 13.3 Å². The number of nitrogens with zero attached hydrogens (tertiary/aromatic N) is 1. The molecule has 20 heavy (non-hydrogen) atoms. The Kier molecular flexibility index (Phi) is 12.8. The van der Waals surface area contributed by atoms with E-state index in [0.29, 0.717) is 6.61 Å². The molecule has 0 amide bonds. The highest BCUT2D eigenvalue weighted by Gasteiger charge is 2.23. The molecule has 1 saturated heterocycles. The molecule has 0 saturated carbocycles. The minimum absolute atomic E-state index is 0.253. The molecule has 1 aliphatic rings. The second-order valence-electron chi connectivity index (χ2n) is 5.96. The third-order valence-corrected chi connectivity index (χ3v) is 4.36. The highest BCUT2D eigenvalue weighted by Crippen LogP contribution is 2.14. The highest BCUT2D eigenvalue weighted by atomic mass is 32.1. The van der Waals surface area contributed by atoms with Crippen molar-refractivity contribution in [1.29, 1.82) is 0 Å². The molecule has 0 aromatic rings. The Balaban J connectivity index is 0.000000388. The van der Waals surface area contributed by atoms with E-state index in [1.54, 1.807) is 0 Å². The van der Waals surface area contributed by atoms with E-state index in [2.05, 4.69) is 45.7 Å². The topological polar surface area (TPSA) is 9.23 Å². The van der Waals surface area contributed by atoms with Crippen molar-refractivity contribution < 1.29 is 9.22 Å². The van der Waals surface area contributed by atoms with Crippen molar-refractivity contribution in [3.63, 3.8) is 0 Å². The number of quaternary nitrogens is 1. The molecule has 0 N–H and O–H groups in total. The molecule has 0 aromatic carbocycles. The van der Waals surface area contributed by atoms with Gasteiger partial charge in [0.1, 0.15) is 0 Å². The number of ether oxygens (including phenoxy) is 1. The van der Waals surface area contributed by atoms with Crippen LogP contribution in [0.5, 0.6) is 0 Å². The average Bonchev–Trinajstić information content (AvgIpc) is 2.86. The van der Waals surface area contributed by atoms with Crippen LogP contribution in [0.25, 0.3) is 0 Å². The molecule has 120 valence electrons. The number of hydrogen-bond acceptors (Lipinski definition) is 3. The van der Waals surface area contributed by atoms with Crippen molar-refractivity contribution in [2.45, 2.75) is 65.2 Å². The van der Waals surface area contributed by atoms with E-state index < -0.39 is 0 Å². The Bertz CT molecular complexity index is 241. The zero-order valence-electron chi connectivity index (χ0n) is 13.7. The minimum Gasteiger partial charge on any atom is -0.514 e. The molecule has 0 atom stereocenters. The number of hydrogen-bond donors (Lipinski definition) is 0. The van der Waals surface area contributed by atoms with Crippen LogP contribution in [0.15, 0.2) is 0 Å². The maximum Gasteiger partial charge on any atom is 0.0858 e. The van der Waals surface area contributed by atoms with Gasteiger partial charge in [-0.1, -0.05) is 39.0 Å². The monoisotopic (exact) mass is 319 g/mol. The summed E-state index contributed by atoms with van der Waals surface area (Å²) in [5.74, 6) is 0. The zero-order chi connectivity index (χ0) is 15.3. The summed E-state index contributed by atoms with van der Waals surface area (Å²) >= 11 is 9.22. The number of rotatable bonds is 8. The van der Waals surface area contributed by atoms with Gasteiger partial charge in [-0.15, -0.1) is 0 Å². The Morgan fingerprint density at radius 3 is 2.05 bits per heavy atom. The van der Waals surface area contributed by atoms with E-state index in [9.17, 15) is 0 Å². The van der Waals surface area contributed by atoms with Crippen LogP contribution in [0.3, 0.4) is 0 Å². The van der Waals surface area contributed by atoms with Gasteiger partial charge in [-0.25, -0.2) is 0 Å². The molecule has 1 aliphatic heterocycles. The third-order valence-electron chi connectivity index (χ3n) is 4.13. The Hall–Kier alpha value is 0.0700. The fourth-order valence-corrected chi connectivity index (χ4v) is 2.62. The van der Waals surface area contributed by atoms with Crippen molar-refractivity contribution >= 4 is 29.2 Å². The van der Waals surface area contributed by atoms with E-state index >= 15 is 0 Å². The first-order valence-corrected chi connectivity index (χ1v) is 9.03. The molecular weight excluding hydrogens is 286 g/mol. The van der Waals surface area contributed by atoms with Crippen molar-refractivity contribution in [3.05, 3.63) is 0 Å². The summed E-state index contributed by atoms with van der Waals surface area (Å²) in [7, 11) is 2.35. The fraction of sp³-hybridized carbons (Fsp3) is 0.938.